The van der Waals surface area contributed by atoms with Gasteiger partial charge in [-0.3, -0.25) is 9.59 Å². The number of hydrogen-bond donors (Lipinski definition) is 2. The first kappa shape index (κ1) is 19.9. The smallest absolute Gasteiger partial charge is 0.274 e. The van der Waals surface area contributed by atoms with Gasteiger partial charge in [0.25, 0.3) is 11.8 Å². The average Bonchev–Trinajstić information content (AvgIpc) is 2.74. The third kappa shape index (κ3) is 4.90. The molecule has 0 atom stereocenters. The van der Waals surface area contributed by atoms with Gasteiger partial charge in [0.05, 0.1) is 19.9 Å². The topological polar surface area (TPSA) is 89.5 Å². The number of amides is 2. The van der Waals surface area contributed by atoms with Crippen molar-refractivity contribution >= 4 is 23.2 Å². The predicted molar refractivity (Wildman–Crippen MR) is 111 cm³/mol. The summed E-state index contributed by atoms with van der Waals surface area (Å²) >= 11 is 0. The van der Waals surface area contributed by atoms with Crippen molar-refractivity contribution in [2.45, 2.75) is 6.92 Å². The maximum absolute atomic E-state index is 12.6. The Morgan fingerprint density at radius 2 is 1.52 bits per heavy atom. The highest BCUT2D eigenvalue weighted by atomic mass is 16.5. The molecule has 0 saturated carbocycles. The molecule has 3 rings (SSSR count). The molecule has 0 aliphatic carbocycles. The summed E-state index contributed by atoms with van der Waals surface area (Å²) in [6.45, 7) is 1.91. The van der Waals surface area contributed by atoms with E-state index in [2.05, 4.69) is 15.6 Å². The van der Waals surface area contributed by atoms with Gasteiger partial charge in [-0.05, 0) is 48.9 Å². The number of nitrogens with zero attached hydrogens (tertiary/aromatic N) is 1. The number of benzene rings is 2. The number of nitrogens with one attached hydrogen (secondary N) is 2. The van der Waals surface area contributed by atoms with E-state index in [-0.39, 0.29) is 11.4 Å². The van der Waals surface area contributed by atoms with Gasteiger partial charge < -0.3 is 20.1 Å². The first-order chi connectivity index (χ1) is 14.0. The zero-order valence-electron chi connectivity index (χ0n) is 16.4. The van der Waals surface area contributed by atoms with Crippen molar-refractivity contribution < 1.29 is 19.1 Å². The number of ether oxygens (including phenoxy) is 2. The van der Waals surface area contributed by atoms with E-state index >= 15 is 0 Å². The lowest BCUT2D eigenvalue weighted by atomic mass is 10.2. The number of carbonyl (C=O) groups is 2. The van der Waals surface area contributed by atoms with Gasteiger partial charge in [-0.1, -0.05) is 18.2 Å². The van der Waals surface area contributed by atoms with Crippen LogP contribution in [-0.2, 0) is 0 Å². The van der Waals surface area contributed by atoms with Crippen molar-refractivity contribution in [1.82, 2.24) is 4.98 Å². The second-order valence-electron chi connectivity index (χ2n) is 6.25. The molecule has 2 N–H and O–H groups in total. The maximum Gasteiger partial charge on any atom is 0.274 e. The summed E-state index contributed by atoms with van der Waals surface area (Å²) in [6, 6.07) is 17.1. The Morgan fingerprint density at radius 1 is 0.828 bits per heavy atom. The highest BCUT2D eigenvalue weighted by Crippen LogP contribution is 2.25. The number of aromatic nitrogens is 1. The second kappa shape index (κ2) is 8.88. The molecule has 148 valence electrons. The van der Waals surface area contributed by atoms with Crippen LogP contribution in [0.2, 0.25) is 0 Å². The molecule has 7 nitrogen and oxygen atoms in total. The summed E-state index contributed by atoms with van der Waals surface area (Å²) in [5, 5.41) is 5.52. The molecule has 0 aliphatic rings. The van der Waals surface area contributed by atoms with Crippen LogP contribution in [0.5, 0.6) is 11.5 Å². The third-order valence-corrected chi connectivity index (χ3v) is 4.15. The number of rotatable bonds is 6. The average molecular weight is 391 g/mol. The Balaban J connectivity index is 1.77. The van der Waals surface area contributed by atoms with Crippen molar-refractivity contribution in [2.75, 3.05) is 24.9 Å². The minimum absolute atomic E-state index is 0.117. The van der Waals surface area contributed by atoms with Crippen LogP contribution in [0, 0.1) is 6.92 Å². The summed E-state index contributed by atoms with van der Waals surface area (Å²) in [4.78, 5) is 29.3. The van der Waals surface area contributed by atoms with Crippen molar-refractivity contribution in [3.63, 3.8) is 0 Å². The summed E-state index contributed by atoms with van der Waals surface area (Å²) in [6.07, 6.45) is 0. The molecule has 0 bridgehead atoms. The Hall–Kier alpha value is -3.87. The van der Waals surface area contributed by atoms with E-state index in [1.54, 1.807) is 61.7 Å². The summed E-state index contributed by atoms with van der Waals surface area (Å²) in [5.74, 6) is 0.290. The monoisotopic (exact) mass is 391 g/mol. The fourth-order valence-electron chi connectivity index (χ4n) is 2.69. The fourth-order valence-corrected chi connectivity index (χ4v) is 2.69. The Morgan fingerprint density at radius 3 is 2.21 bits per heavy atom. The lowest BCUT2D eigenvalue weighted by molar-refractivity contribution is 0.101. The van der Waals surface area contributed by atoms with Gasteiger partial charge in [-0.2, -0.15) is 0 Å². The predicted octanol–water partition coefficient (Wildman–Crippen LogP) is 3.91. The Kier molecular flexibility index (Phi) is 6.09. The largest absolute Gasteiger partial charge is 0.497 e. The zero-order valence-corrected chi connectivity index (χ0v) is 16.4. The van der Waals surface area contributed by atoms with Crippen molar-refractivity contribution in [2.24, 2.45) is 0 Å². The number of aryl methyl sites for hydroxylation is 1. The highest BCUT2D eigenvalue weighted by molar-refractivity contribution is 6.06. The van der Waals surface area contributed by atoms with Gasteiger partial charge in [-0.25, -0.2) is 4.98 Å². The molecule has 0 spiro atoms. The van der Waals surface area contributed by atoms with E-state index < -0.39 is 11.8 Å². The molecule has 1 aromatic heterocycles. The molecule has 29 heavy (non-hydrogen) atoms. The van der Waals surface area contributed by atoms with E-state index in [0.717, 1.165) is 5.56 Å². The summed E-state index contributed by atoms with van der Waals surface area (Å²) in [7, 11) is 3.08. The highest BCUT2D eigenvalue weighted by Gasteiger charge is 2.15. The van der Waals surface area contributed by atoms with Gasteiger partial charge >= 0.3 is 0 Å². The van der Waals surface area contributed by atoms with Crippen LogP contribution in [0.1, 0.15) is 26.5 Å². The van der Waals surface area contributed by atoms with Crippen LogP contribution in [0.4, 0.5) is 11.4 Å². The van der Waals surface area contributed by atoms with E-state index in [9.17, 15) is 9.59 Å². The third-order valence-electron chi connectivity index (χ3n) is 4.15. The van der Waals surface area contributed by atoms with Crippen LogP contribution in [0.15, 0.2) is 60.7 Å². The molecule has 0 saturated heterocycles. The molecule has 1 heterocycles. The minimum atomic E-state index is -0.440. The van der Waals surface area contributed by atoms with Gasteiger partial charge in [0.15, 0.2) is 0 Å². The molecule has 2 aromatic carbocycles. The van der Waals surface area contributed by atoms with E-state index in [1.165, 1.54) is 7.11 Å². The van der Waals surface area contributed by atoms with Gasteiger partial charge in [0.1, 0.15) is 22.9 Å². The first-order valence-electron chi connectivity index (χ1n) is 8.88. The van der Waals surface area contributed by atoms with Crippen molar-refractivity contribution in [1.29, 1.82) is 0 Å². The van der Waals surface area contributed by atoms with Gasteiger partial charge in [0.2, 0.25) is 0 Å². The van der Waals surface area contributed by atoms with Crippen LogP contribution in [-0.4, -0.2) is 31.0 Å². The quantitative estimate of drug-likeness (QED) is 0.665. The molecule has 0 unspecified atom stereocenters. The fraction of sp³-hybridized carbons (Fsp3) is 0.136. The molecular weight excluding hydrogens is 370 g/mol. The maximum atomic E-state index is 12.6. The SMILES string of the molecule is COc1cccc(NC(=O)c2cccc(C(=O)Nc3cc(C)ccc3OC)n2)c1. The molecule has 3 aromatic rings. The lowest BCUT2D eigenvalue weighted by Crippen LogP contribution is -2.18. The standard InChI is InChI=1S/C22H21N3O4/c1-14-10-11-20(29-3)19(12-14)25-22(27)18-9-5-8-17(24-18)21(26)23-15-6-4-7-16(13-15)28-2/h4-13H,1-3H3,(H,23,26)(H,25,27). The van der Waals surface area contributed by atoms with Gasteiger partial charge in [0, 0.05) is 11.8 Å². The van der Waals surface area contributed by atoms with E-state index in [1.807, 2.05) is 13.0 Å². The number of hydrogen-bond acceptors (Lipinski definition) is 5. The zero-order chi connectivity index (χ0) is 20.8. The molecule has 7 heteroatoms. The Labute approximate surface area is 168 Å². The van der Waals surface area contributed by atoms with Crippen LogP contribution in [0.3, 0.4) is 0 Å². The number of methoxy groups -OCH3 is 2. The van der Waals surface area contributed by atoms with Crippen LogP contribution >= 0.6 is 0 Å². The van der Waals surface area contributed by atoms with Crippen molar-refractivity contribution in [3.8, 4) is 11.5 Å². The minimum Gasteiger partial charge on any atom is -0.497 e. The number of anilines is 2. The van der Waals surface area contributed by atoms with Gasteiger partial charge in [-0.15, -0.1) is 0 Å². The normalized spacial score (nSPS) is 10.2. The molecule has 0 radical (unpaired) electrons. The molecular formula is C22H21N3O4. The van der Waals surface area contributed by atoms with Crippen LogP contribution < -0.4 is 20.1 Å². The van der Waals surface area contributed by atoms with E-state index in [0.29, 0.717) is 22.9 Å². The Bertz CT molecular complexity index is 1050. The molecule has 2 amide bonds. The number of pyridine rings is 1. The first-order valence-corrected chi connectivity index (χ1v) is 8.88. The van der Waals surface area contributed by atoms with E-state index in [4.69, 9.17) is 9.47 Å². The molecule has 0 fully saturated rings. The van der Waals surface area contributed by atoms with Crippen molar-refractivity contribution in [3.05, 3.63) is 77.6 Å². The lowest BCUT2D eigenvalue weighted by Gasteiger charge is -2.11. The molecule has 0 aliphatic heterocycles. The summed E-state index contributed by atoms with van der Waals surface area (Å²) in [5.41, 5.74) is 2.31. The number of carbonyl (C=O) groups excluding carboxylic acids is 2. The van der Waals surface area contributed by atoms with Crippen LogP contribution in [0.25, 0.3) is 0 Å². The summed E-state index contributed by atoms with van der Waals surface area (Å²) < 4.78 is 10.4. The second-order valence-corrected chi connectivity index (χ2v) is 6.25.